The minimum atomic E-state index is -0.524. The number of nitro benzene ring substituents is 1. The van der Waals surface area contributed by atoms with Crippen molar-refractivity contribution in [2.45, 2.75) is 6.92 Å². The summed E-state index contributed by atoms with van der Waals surface area (Å²) in [5.41, 5.74) is 10.3. The van der Waals surface area contributed by atoms with E-state index in [0.717, 1.165) is 5.56 Å². The first-order valence-electron chi connectivity index (χ1n) is 6.42. The number of nitro groups is 1. The molecule has 2 aromatic rings. The third-order valence-corrected chi connectivity index (χ3v) is 2.97. The first-order chi connectivity index (χ1) is 10.5. The van der Waals surface area contributed by atoms with Gasteiger partial charge in [-0.25, -0.2) is 5.43 Å². The van der Waals surface area contributed by atoms with Crippen molar-refractivity contribution in [1.29, 1.82) is 0 Å². The van der Waals surface area contributed by atoms with Crippen LogP contribution in [0.1, 0.15) is 22.8 Å². The largest absolute Gasteiger partial charge is 0.399 e. The van der Waals surface area contributed by atoms with Crippen LogP contribution in [0, 0.1) is 10.1 Å². The molecule has 0 radical (unpaired) electrons. The molecular formula is C15H14N4O3. The Morgan fingerprint density at radius 2 is 1.86 bits per heavy atom. The van der Waals surface area contributed by atoms with E-state index >= 15 is 0 Å². The second kappa shape index (κ2) is 6.49. The molecule has 0 aliphatic rings. The summed E-state index contributed by atoms with van der Waals surface area (Å²) >= 11 is 0. The summed E-state index contributed by atoms with van der Waals surface area (Å²) in [7, 11) is 0. The maximum absolute atomic E-state index is 11.9. The molecule has 0 unspecified atom stereocenters. The fourth-order valence-corrected chi connectivity index (χ4v) is 1.76. The van der Waals surface area contributed by atoms with Gasteiger partial charge in [-0.2, -0.15) is 5.10 Å². The van der Waals surface area contributed by atoms with Gasteiger partial charge < -0.3 is 5.73 Å². The molecule has 1 amide bonds. The molecule has 0 saturated carbocycles. The molecule has 0 bridgehead atoms. The lowest BCUT2D eigenvalue weighted by molar-refractivity contribution is -0.384. The number of nitrogen functional groups attached to an aromatic ring is 1. The Bertz CT molecular complexity index is 739. The number of carbonyl (C=O) groups excluding carboxylic acids is 1. The van der Waals surface area contributed by atoms with Gasteiger partial charge in [0.25, 0.3) is 11.6 Å². The molecule has 2 rings (SSSR count). The molecule has 112 valence electrons. The van der Waals surface area contributed by atoms with Crippen LogP contribution in [0.25, 0.3) is 0 Å². The molecule has 0 aliphatic carbocycles. The Labute approximate surface area is 126 Å². The molecule has 0 spiro atoms. The highest BCUT2D eigenvalue weighted by Gasteiger charge is 2.09. The lowest BCUT2D eigenvalue weighted by Gasteiger charge is -2.04. The third kappa shape index (κ3) is 3.66. The van der Waals surface area contributed by atoms with Gasteiger partial charge in [0.2, 0.25) is 0 Å². The van der Waals surface area contributed by atoms with Crippen LogP contribution in [0.3, 0.4) is 0 Å². The molecule has 0 saturated heterocycles. The summed E-state index contributed by atoms with van der Waals surface area (Å²) in [6.45, 7) is 1.74. The number of non-ortho nitro benzene ring substituents is 1. The van der Waals surface area contributed by atoms with Crippen molar-refractivity contribution in [2.24, 2.45) is 5.10 Å². The molecule has 0 fully saturated rings. The third-order valence-electron chi connectivity index (χ3n) is 2.97. The molecule has 0 aromatic heterocycles. The van der Waals surface area contributed by atoms with Gasteiger partial charge in [-0.1, -0.05) is 12.1 Å². The minimum Gasteiger partial charge on any atom is -0.399 e. The predicted molar refractivity (Wildman–Crippen MR) is 83.6 cm³/mol. The second-order valence-electron chi connectivity index (χ2n) is 4.57. The smallest absolute Gasteiger partial charge is 0.271 e. The maximum Gasteiger partial charge on any atom is 0.271 e. The number of anilines is 1. The number of hydrazone groups is 1. The zero-order chi connectivity index (χ0) is 16.1. The number of hydrogen-bond acceptors (Lipinski definition) is 5. The van der Waals surface area contributed by atoms with E-state index in [1.807, 2.05) is 6.07 Å². The zero-order valence-electron chi connectivity index (χ0n) is 11.8. The number of nitrogens with zero attached hydrogens (tertiary/aromatic N) is 2. The van der Waals surface area contributed by atoms with Crippen molar-refractivity contribution in [2.75, 3.05) is 5.73 Å². The van der Waals surface area contributed by atoms with E-state index in [9.17, 15) is 14.9 Å². The monoisotopic (exact) mass is 298 g/mol. The first-order valence-corrected chi connectivity index (χ1v) is 6.42. The van der Waals surface area contributed by atoms with Crippen molar-refractivity contribution in [3.8, 4) is 0 Å². The van der Waals surface area contributed by atoms with E-state index in [2.05, 4.69) is 10.5 Å². The van der Waals surface area contributed by atoms with Crippen LogP contribution in [-0.4, -0.2) is 16.5 Å². The molecule has 7 nitrogen and oxygen atoms in total. The van der Waals surface area contributed by atoms with Crippen LogP contribution in [0.15, 0.2) is 53.6 Å². The standard InChI is InChI=1S/C15H14N4O3/c1-10(12-3-2-4-13(16)9-12)17-18-15(20)11-5-7-14(8-6-11)19(21)22/h2-9H,16H2,1H3,(H,18,20). The second-order valence-corrected chi connectivity index (χ2v) is 4.57. The van der Waals surface area contributed by atoms with Crippen molar-refractivity contribution in [3.63, 3.8) is 0 Å². The number of rotatable bonds is 4. The summed E-state index contributed by atoms with van der Waals surface area (Å²) in [6, 6.07) is 12.4. The van der Waals surface area contributed by atoms with E-state index in [1.165, 1.54) is 24.3 Å². The Morgan fingerprint density at radius 1 is 1.18 bits per heavy atom. The van der Waals surface area contributed by atoms with Gasteiger partial charge in [0.1, 0.15) is 0 Å². The summed E-state index contributed by atoms with van der Waals surface area (Å²) in [6.07, 6.45) is 0. The molecule has 3 N–H and O–H groups in total. The molecule has 0 aliphatic heterocycles. The Morgan fingerprint density at radius 3 is 2.45 bits per heavy atom. The number of nitrogens with one attached hydrogen (secondary N) is 1. The molecular weight excluding hydrogens is 284 g/mol. The average Bonchev–Trinajstić information content (AvgIpc) is 2.52. The average molecular weight is 298 g/mol. The topological polar surface area (TPSA) is 111 Å². The SMILES string of the molecule is CC(=NNC(=O)c1ccc([N+](=O)[O-])cc1)c1cccc(N)c1. The zero-order valence-corrected chi connectivity index (χ0v) is 11.8. The van der Waals surface area contributed by atoms with Crippen molar-refractivity contribution in [1.82, 2.24) is 5.43 Å². The summed E-state index contributed by atoms with van der Waals surface area (Å²) in [4.78, 5) is 21.9. The summed E-state index contributed by atoms with van der Waals surface area (Å²) < 4.78 is 0. The van der Waals surface area contributed by atoms with Gasteiger partial charge in [-0.3, -0.25) is 14.9 Å². The summed E-state index contributed by atoms with van der Waals surface area (Å²) in [5, 5.41) is 14.6. The fourth-order valence-electron chi connectivity index (χ4n) is 1.76. The van der Waals surface area contributed by atoms with Crippen LogP contribution in [-0.2, 0) is 0 Å². The van der Waals surface area contributed by atoms with Crippen LogP contribution in [0.2, 0.25) is 0 Å². The quantitative estimate of drug-likeness (QED) is 0.390. The highest BCUT2D eigenvalue weighted by molar-refractivity contribution is 6.01. The van der Waals surface area contributed by atoms with Crippen LogP contribution in [0.4, 0.5) is 11.4 Å². The Balaban J connectivity index is 2.08. The Hall–Kier alpha value is -3.22. The summed E-state index contributed by atoms with van der Waals surface area (Å²) in [5.74, 6) is -0.446. The van der Waals surface area contributed by atoms with Gasteiger partial charge in [-0.15, -0.1) is 0 Å². The molecule has 22 heavy (non-hydrogen) atoms. The number of hydrogen-bond donors (Lipinski definition) is 2. The molecule has 2 aromatic carbocycles. The van der Waals surface area contributed by atoms with Crippen LogP contribution < -0.4 is 11.2 Å². The minimum absolute atomic E-state index is 0.0732. The molecule has 7 heteroatoms. The highest BCUT2D eigenvalue weighted by atomic mass is 16.6. The Kier molecular flexibility index (Phi) is 4.47. The number of carbonyl (C=O) groups is 1. The van der Waals surface area contributed by atoms with E-state index in [1.54, 1.807) is 25.1 Å². The van der Waals surface area contributed by atoms with Gasteiger partial charge in [0.05, 0.1) is 10.6 Å². The number of benzene rings is 2. The van der Waals surface area contributed by atoms with Gasteiger partial charge in [0, 0.05) is 23.4 Å². The van der Waals surface area contributed by atoms with Crippen LogP contribution >= 0.6 is 0 Å². The number of amides is 1. The van der Waals surface area contributed by atoms with E-state index in [4.69, 9.17) is 5.73 Å². The van der Waals surface area contributed by atoms with Crippen molar-refractivity contribution in [3.05, 3.63) is 69.8 Å². The lowest BCUT2D eigenvalue weighted by Crippen LogP contribution is -2.19. The van der Waals surface area contributed by atoms with E-state index in [-0.39, 0.29) is 11.3 Å². The van der Waals surface area contributed by atoms with Gasteiger partial charge in [0.15, 0.2) is 0 Å². The number of nitrogens with two attached hydrogens (primary N) is 1. The lowest BCUT2D eigenvalue weighted by atomic mass is 10.1. The van der Waals surface area contributed by atoms with Gasteiger partial charge in [-0.05, 0) is 36.8 Å². The molecule has 0 atom stereocenters. The van der Waals surface area contributed by atoms with Gasteiger partial charge >= 0.3 is 0 Å². The van der Waals surface area contributed by atoms with Crippen LogP contribution in [0.5, 0.6) is 0 Å². The first kappa shape index (κ1) is 15.2. The predicted octanol–water partition coefficient (Wildman–Crippen LogP) is 2.33. The fraction of sp³-hybridized carbons (Fsp3) is 0.0667. The maximum atomic E-state index is 11.9. The molecule has 0 heterocycles. The van der Waals surface area contributed by atoms with Crippen molar-refractivity contribution < 1.29 is 9.72 Å². The van der Waals surface area contributed by atoms with E-state index < -0.39 is 10.8 Å². The van der Waals surface area contributed by atoms with Crippen molar-refractivity contribution >= 4 is 23.0 Å². The highest BCUT2D eigenvalue weighted by Crippen LogP contribution is 2.12. The van der Waals surface area contributed by atoms with E-state index in [0.29, 0.717) is 11.4 Å². The normalized spacial score (nSPS) is 11.0.